The smallest absolute Gasteiger partial charge is 0.126 e. The van der Waals surface area contributed by atoms with E-state index in [0.29, 0.717) is 25.3 Å². The molecular weight excluding hydrogens is 458 g/mol. The maximum atomic E-state index is 9.39. The number of nitrogens with one attached hydrogen (secondary N) is 2. The van der Waals surface area contributed by atoms with E-state index in [1.165, 1.54) is 22.3 Å². The average molecular weight is 492 g/mol. The summed E-state index contributed by atoms with van der Waals surface area (Å²) in [5.74, 6) is 0.764. The maximum Gasteiger partial charge on any atom is 0.126 e. The fraction of sp³-hybridized carbons (Fsp3) is 0.219. The van der Waals surface area contributed by atoms with Crippen LogP contribution in [0.25, 0.3) is 11.1 Å². The molecule has 0 bridgehead atoms. The first-order valence-corrected chi connectivity index (χ1v) is 12.5. The zero-order chi connectivity index (χ0) is 26.0. The molecule has 0 aliphatic heterocycles. The molecule has 188 valence electrons. The molecule has 5 heteroatoms. The molecule has 1 atom stereocenters. The van der Waals surface area contributed by atoms with Crippen molar-refractivity contribution in [3.05, 3.63) is 119 Å². The van der Waals surface area contributed by atoms with Crippen LogP contribution in [-0.4, -0.2) is 17.8 Å². The van der Waals surface area contributed by atoms with Crippen molar-refractivity contribution in [3.8, 4) is 22.9 Å². The summed E-state index contributed by atoms with van der Waals surface area (Å²) in [7, 11) is 0. The summed E-state index contributed by atoms with van der Waals surface area (Å²) in [6, 6.07) is 32.6. The van der Waals surface area contributed by atoms with Gasteiger partial charge in [-0.25, -0.2) is 0 Å². The Balaban J connectivity index is 1.52. The molecule has 0 saturated carbocycles. The molecule has 0 radical (unpaired) electrons. The van der Waals surface area contributed by atoms with E-state index in [4.69, 9.17) is 4.74 Å². The largest absolute Gasteiger partial charge is 0.488 e. The Kier molecular flexibility index (Phi) is 8.93. The van der Waals surface area contributed by atoms with Crippen molar-refractivity contribution in [2.24, 2.45) is 0 Å². The molecular formula is C32H33N3O2. The Bertz CT molecular complexity index is 1360. The average Bonchev–Trinajstić information content (AvgIpc) is 2.95. The molecule has 0 unspecified atom stereocenters. The van der Waals surface area contributed by atoms with Gasteiger partial charge in [0.05, 0.1) is 18.2 Å². The van der Waals surface area contributed by atoms with Crippen LogP contribution in [-0.2, 0) is 19.7 Å². The van der Waals surface area contributed by atoms with Gasteiger partial charge in [0.1, 0.15) is 12.4 Å². The van der Waals surface area contributed by atoms with Crippen LogP contribution in [0.5, 0.6) is 5.75 Å². The van der Waals surface area contributed by atoms with Crippen molar-refractivity contribution in [3.63, 3.8) is 0 Å². The highest BCUT2D eigenvalue weighted by Crippen LogP contribution is 2.28. The molecule has 0 amide bonds. The van der Waals surface area contributed by atoms with Crippen molar-refractivity contribution in [2.75, 3.05) is 11.9 Å². The molecule has 5 nitrogen and oxygen atoms in total. The summed E-state index contributed by atoms with van der Waals surface area (Å²) in [6.45, 7) is 5.80. The van der Waals surface area contributed by atoms with Gasteiger partial charge in [0.15, 0.2) is 0 Å². The molecule has 0 saturated heterocycles. The summed E-state index contributed by atoms with van der Waals surface area (Å²) in [6.07, 6.45) is 0. The third-order valence-corrected chi connectivity index (χ3v) is 6.45. The number of benzene rings is 4. The summed E-state index contributed by atoms with van der Waals surface area (Å²) in [5.41, 5.74) is 8.47. The first-order chi connectivity index (χ1) is 18.1. The Morgan fingerprint density at radius 1 is 0.892 bits per heavy atom. The first-order valence-electron chi connectivity index (χ1n) is 12.5. The van der Waals surface area contributed by atoms with Gasteiger partial charge in [-0.1, -0.05) is 66.7 Å². The van der Waals surface area contributed by atoms with Gasteiger partial charge in [-0.3, -0.25) is 0 Å². The monoisotopic (exact) mass is 491 g/mol. The Morgan fingerprint density at radius 3 is 2.49 bits per heavy atom. The molecule has 4 aromatic rings. The van der Waals surface area contributed by atoms with Gasteiger partial charge in [-0.05, 0) is 59.9 Å². The van der Waals surface area contributed by atoms with Gasteiger partial charge >= 0.3 is 0 Å². The van der Waals surface area contributed by atoms with Crippen LogP contribution in [0.2, 0.25) is 0 Å². The molecule has 0 aliphatic carbocycles. The van der Waals surface area contributed by atoms with E-state index in [1.807, 2.05) is 43.3 Å². The van der Waals surface area contributed by atoms with Crippen LogP contribution < -0.4 is 15.4 Å². The third-order valence-electron chi connectivity index (χ3n) is 6.45. The predicted molar refractivity (Wildman–Crippen MR) is 149 cm³/mol. The van der Waals surface area contributed by atoms with E-state index in [1.54, 1.807) is 6.07 Å². The summed E-state index contributed by atoms with van der Waals surface area (Å²) in [5, 5.41) is 25.5. The zero-order valence-electron chi connectivity index (χ0n) is 21.4. The normalized spacial score (nSPS) is 11.5. The number of aliphatic hydroxyl groups excluding tert-OH is 1. The fourth-order valence-corrected chi connectivity index (χ4v) is 4.19. The second-order valence-electron chi connectivity index (χ2n) is 9.20. The number of anilines is 1. The van der Waals surface area contributed by atoms with E-state index >= 15 is 0 Å². The Morgan fingerprint density at radius 2 is 1.70 bits per heavy atom. The Labute approximate surface area is 219 Å². The molecule has 3 N–H and O–H groups in total. The predicted octanol–water partition coefficient (Wildman–Crippen LogP) is 6.20. The number of hydrogen-bond donors (Lipinski definition) is 3. The van der Waals surface area contributed by atoms with Gasteiger partial charge in [0.2, 0.25) is 0 Å². The Hall–Kier alpha value is -4.11. The van der Waals surface area contributed by atoms with Crippen molar-refractivity contribution in [1.82, 2.24) is 5.32 Å². The minimum absolute atomic E-state index is 0.0159. The SMILES string of the molecule is Cc1c(CNc2ccc(CN[C@@H](C)CO)c(OCc3cccc(C#N)c3)c2)cccc1-c1ccccc1. The van der Waals surface area contributed by atoms with E-state index in [0.717, 1.165) is 22.6 Å². The van der Waals surface area contributed by atoms with Gasteiger partial charge in [0, 0.05) is 36.4 Å². The topological polar surface area (TPSA) is 77.3 Å². The number of aliphatic hydroxyl groups is 1. The number of nitrogens with zero attached hydrogens (tertiary/aromatic N) is 1. The van der Waals surface area contributed by atoms with Crippen LogP contribution in [0.3, 0.4) is 0 Å². The van der Waals surface area contributed by atoms with Crippen LogP contribution in [0.15, 0.2) is 91.0 Å². The van der Waals surface area contributed by atoms with Crippen molar-refractivity contribution in [1.29, 1.82) is 5.26 Å². The van der Waals surface area contributed by atoms with Crippen molar-refractivity contribution in [2.45, 2.75) is 39.6 Å². The fourth-order valence-electron chi connectivity index (χ4n) is 4.19. The van der Waals surface area contributed by atoms with Crippen LogP contribution >= 0.6 is 0 Å². The highest BCUT2D eigenvalue weighted by Gasteiger charge is 2.10. The second-order valence-corrected chi connectivity index (χ2v) is 9.20. The molecule has 0 aliphatic rings. The van der Waals surface area contributed by atoms with E-state index in [-0.39, 0.29) is 12.6 Å². The number of nitriles is 1. The van der Waals surface area contributed by atoms with Gasteiger partial charge in [0.25, 0.3) is 0 Å². The van der Waals surface area contributed by atoms with Crippen LogP contribution in [0, 0.1) is 18.3 Å². The number of ether oxygens (including phenoxy) is 1. The lowest BCUT2D eigenvalue weighted by Crippen LogP contribution is -2.28. The molecule has 37 heavy (non-hydrogen) atoms. The van der Waals surface area contributed by atoms with Gasteiger partial charge < -0.3 is 20.5 Å². The summed E-state index contributed by atoms with van der Waals surface area (Å²) >= 11 is 0. The lowest BCUT2D eigenvalue weighted by Gasteiger charge is -2.17. The molecule has 0 spiro atoms. The second kappa shape index (κ2) is 12.7. The molecule has 0 fully saturated rings. The summed E-state index contributed by atoms with van der Waals surface area (Å²) < 4.78 is 6.23. The quantitative estimate of drug-likeness (QED) is 0.233. The highest BCUT2D eigenvalue weighted by atomic mass is 16.5. The first kappa shape index (κ1) is 26.0. The number of hydrogen-bond acceptors (Lipinski definition) is 5. The molecule has 4 aromatic carbocycles. The van der Waals surface area contributed by atoms with Crippen LogP contribution in [0.4, 0.5) is 5.69 Å². The van der Waals surface area contributed by atoms with Crippen molar-refractivity contribution >= 4 is 5.69 Å². The highest BCUT2D eigenvalue weighted by molar-refractivity contribution is 5.68. The molecule has 0 aromatic heterocycles. The molecule has 0 heterocycles. The van der Waals surface area contributed by atoms with E-state index in [9.17, 15) is 10.4 Å². The lowest BCUT2D eigenvalue weighted by molar-refractivity contribution is 0.249. The minimum Gasteiger partial charge on any atom is -0.488 e. The zero-order valence-corrected chi connectivity index (χ0v) is 21.4. The number of rotatable bonds is 11. The van der Waals surface area contributed by atoms with E-state index < -0.39 is 0 Å². The van der Waals surface area contributed by atoms with Crippen molar-refractivity contribution < 1.29 is 9.84 Å². The maximum absolute atomic E-state index is 9.39. The third kappa shape index (κ3) is 6.98. The van der Waals surface area contributed by atoms with Gasteiger partial charge in [-0.15, -0.1) is 0 Å². The van der Waals surface area contributed by atoms with E-state index in [2.05, 4.69) is 72.2 Å². The van der Waals surface area contributed by atoms with Gasteiger partial charge in [-0.2, -0.15) is 5.26 Å². The van der Waals surface area contributed by atoms with Crippen LogP contribution in [0.1, 0.15) is 34.7 Å². The standard InChI is InChI=1S/C32H33N3O2/c1-23(21-36)34-20-29-14-15-30(17-32(29)37-22-26-9-6-8-25(16-26)18-33)35-19-28-12-7-13-31(24(28)2)27-10-4-3-5-11-27/h3-17,23,34-36H,19-22H2,1-2H3/t23-/m0/s1. The molecule has 4 rings (SSSR count). The lowest BCUT2D eigenvalue weighted by atomic mass is 9.96. The summed E-state index contributed by atoms with van der Waals surface area (Å²) in [4.78, 5) is 0. The minimum atomic E-state index is -0.0159.